The molecule has 0 amide bonds. The van der Waals surface area contributed by atoms with E-state index in [1.807, 2.05) is 24.3 Å². The second-order valence-corrected chi connectivity index (χ2v) is 7.89. The molecule has 1 atom stereocenters. The number of fused-ring (bicyclic) bond motifs is 1. The van der Waals surface area contributed by atoms with Crippen LogP contribution in [-0.2, 0) is 0 Å². The molecule has 0 bridgehead atoms. The van der Waals surface area contributed by atoms with E-state index in [2.05, 4.69) is 40.2 Å². The molecule has 1 aromatic heterocycles. The largest absolute Gasteiger partial charge is 0.507 e. The van der Waals surface area contributed by atoms with Crippen molar-refractivity contribution >= 4 is 16.6 Å². The molecule has 0 saturated carbocycles. The van der Waals surface area contributed by atoms with Crippen molar-refractivity contribution in [1.29, 1.82) is 0 Å². The van der Waals surface area contributed by atoms with Gasteiger partial charge in [-0.2, -0.15) is 0 Å². The molecule has 0 radical (unpaired) electrons. The second-order valence-electron chi connectivity index (χ2n) is 7.89. The predicted molar refractivity (Wildman–Crippen MR) is 118 cm³/mol. The Labute approximate surface area is 171 Å². The summed E-state index contributed by atoms with van der Waals surface area (Å²) in [6, 6.07) is 14.1. The average Bonchev–Trinajstić information content (AvgIpc) is 2.74. The Bertz CT molecular complexity index is 1070. The van der Waals surface area contributed by atoms with Gasteiger partial charge in [0, 0.05) is 40.5 Å². The van der Waals surface area contributed by atoms with Gasteiger partial charge in [-0.25, -0.2) is 0 Å². The molecular weight excluding hydrogens is 360 g/mol. The SMILES string of the molecule is C#Cc1ccc(-c2nnc(NC3CCCN(C(C)C)C3)c3ccccc23)c(O)c1. The number of hydrogen-bond acceptors (Lipinski definition) is 5. The Morgan fingerprint density at radius 3 is 2.69 bits per heavy atom. The van der Waals surface area contributed by atoms with Crippen molar-refractivity contribution in [3.05, 3.63) is 48.0 Å². The molecular formula is C24H26N4O. The molecule has 1 fully saturated rings. The van der Waals surface area contributed by atoms with E-state index in [9.17, 15) is 5.11 Å². The number of anilines is 1. The van der Waals surface area contributed by atoms with Crippen molar-refractivity contribution in [1.82, 2.24) is 15.1 Å². The van der Waals surface area contributed by atoms with Crippen molar-refractivity contribution in [2.45, 2.75) is 38.8 Å². The van der Waals surface area contributed by atoms with E-state index in [1.54, 1.807) is 18.2 Å². The van der Waals surface area contributed by atoms with Gasteiger partial charge in [-0.3, -0.25) is 4.90 Å². The molecule has 5 heteroatoms. The molecule has 2 heterocycles. The lowest BCUT2D eigenvalue weighted by molar-refractivity contribution is 0.175. The third kappa shape index (κ3) is 3.90. The summed E-state index contributed by atoms with van der Waals surface area (Å²) < 4.78 is 0. The number of rotatable bonds is 4. The van der Waals surface area contributed by atoms with E-state index in [-0.39, 0.29) is 5.75 Å². The molecule has 1 aliphatic heterocycles. The lowest BCUT2D eigenvalue weighted by Gasteiger charge is -2.36. The monoisotopic (exact) mass is 386 g/mol. The van der Waals surface area contributed by atoms with Crippen LogP contribution in [0.15, 0.2) is 42.5 Å². The van der Waals surface area contributed by atoms with Crippen LogP contribution < -0.4 is 5.32 Å². The number of likely N-dealkylation sites (tertiary alicyclic amines) is 1. The van der Waals surface area contributed by atoms with Gasteiger partial charge in [0.25, 0.3) is 0 Å². The summed E-state index contributed by atoms with van der Waals surface area (Å²) in [5, 5.41) is 25.0. The van der Waals surface area contributed by atoms with E-state index in [1.165, 1.54) is 6.42 Å². The van der Waals surface area contributed by atoms with Crippen LogP contribution in [0.4, 0.5) is 5.82 Å². The fraction of sp³-hybridized carbons (Fsp3) is 0.333. The number of nitrogens with one attached hydrogen (secondary N) is 1. The minimum Gasteiger partial charge on any atom is -0.507 e. The second kappa shape index (κ2) is 8.10. The molecule has 5 nitrogen and oxygen atoms in total. The topological polar surface area (TPSA) is 61.3 Å². The van der Waals surface area contributed by atoms with Gasteiger partial charge in [0.05, 0.1) is 0 Å². The first-order valence-corrected chi connectivity index (χ1v) is 10.1. The third-order valence-electron chi connectivity index (χ3n) is 5.63. The highest BCUT2D eigenvalue weighted by molar-refractivity contribution is 6.00. The first-order chi connectivity index (χ1) is 14.1. The zero-order chi connectivity index (χ0) is 20.4. The Hall–Kier alpha value is -3.10. The summed E-state index contributed by atoms with van der Waals surface area (Å²) >= 11 is 0. The van der Waals surface area contributed by atoms with Gasteiger partial charge in [0.2, 0.25) is 0 Å². The Balaban J connectivity index is 1.70. The van der Waals surface area contributed by atoms with Gasteiger partial charge < -0.3 is 10.4 Å². The van der Waals surface area contributed by atoms with E-state index in [4.69, 9.17) is 6.42 Å². The molecule has 4 rings (SSSR count). The van der Waals surface area contributed by atoms with Gasteiger partial charge >= 0.3 is 0 Å². The number of aromatic hydroxyl groups is 1. The maximum atomic E-state index is 10.5. The molecule has 1 aliphatic rings. The van der Waals surface area contributed by atoms with E-state index >= 15 is 0 Å². The Morgan fingerprint density at radius 2 is 1.97 bits per heavy atom. The van der Waals surface area contributed by atoms with Gasteiger partial charge in [-0.1, -0.05) is 30.2 Å². The Kier molecular flexibility index (Phi) is 5.37. The van der Waals surface area contributed by atoms with Crippen molar-refractivity contribution in [2.75, 3.05) is 18.4 Å². The van der Waals surface area contributed by atoms with Gasteiger partial charge in [-0.15, -0.1) is 16.6 Å². The zero-order valence-electron chi connectivity index (χ0n) is 16.9. The van der Waals surface area contributed by atoms with Crippen LogP contribution in [0.25, 0.3) is 22.0 Å². The molecule has 1 unspecified atom stereocenters. The van der Waals surface area contributed by atoms with Crippen molar-refractivity contribution < 1.29 is 5.11 Å². The van der Waals surface area contributed by atoms with Crippen molar-refractivity contribution in [2.24, 2.45) is 0 Å². The lowest BCUT2D eigenvalue weighted by Crippen LogP contribution is -2.45. The summed E-state index contributed by atoms with van der Waals surface area (Å²) in [6.07, 6.45) is 7.73. The quantitative estimate of drug-likeness (QED) is 0.656. The first-order valence-electron chi connectivity index (χ1n) is 10.1. The third-order valence-corrected chi connectivity index (χ3v) is 5.63. The lowest BCUT2D eigenvalue weighted by atomic mass is 10.0. The minimum atomic E-state index is 0.112. The van der Waals surface area contributed by atoms with Crippen LogP contribution in [0.5, 0.6) is 5.75 Å². The maximum absolute atomic E-state index is 10.5. The highest BCUT2D eigenvalue weighted by Crippen LogP contribution is 2.35. The number of benzene rings is 2. The molecule has 3 aromatic rings. The summed E-state index contributed by atoms with van der Waals surface area (Å²) in [5.74, 6) is 3.44. The maximum Gasteiger partial charge on any atom is 0.156 e. The molecule has 1 saturated heterocycles. The molecule has 29 heavy (non-hydrogen) atoms. The van der Waals surface area contributed by atoms with E-state index in [0.717, 1.165) is 36.1 Å². The highest BCUT2D eigenvalue weighted by atomic mass is 16.3. The fourth-order valence-corrected chi connectivity index (χ4v) is 4.02. The fourth-order valence-electron chi connectivity index (χ4n) is 4.02. The molecule has 0 aliphatic carbocycles. The number of phenolic OH excluding ortho intramolecular Hbond substituents is 1. The summed E-state index contributed by atoms with van der Waals surface area (Å²) in [4.78, 5) is 2.50. The number of piperidine rings is 1. The first kappa shape index (κ1) is 19.2. The molecule has 2 aromatic carbocycles. The van der Waals surface area contributed by atoms with E-state index in [0.29, 0.717) is 28.9 Å². The van der Waals surface area contributed by atoms with Crippen molar-refractivity contribution in [3.63, 3.8) is 0 Å². The molecule has 148 valence electrons. The molecule has 0 spiro atoms. The highest BCUT2D eigenvalue weighted by Gasteiger charge is 2.23. The standard InChI is InChI=1S/C24H26N4O/c1-4-17-11-12-21(22(29)14-17)23-19-9-5-6-10-20(19)24(27-26-23)25-18-8-7-13-28(15-18)16(2)3/h1,5-6,9-12,14,16,18,29H,7-8,13,15H2,2-3H3,(H,25,27). The van der Waals surface area contributed by atoms with Crippen LogP contribution >= 0.6 is 0 Å². The van der Waals surface area contributed by atoms with Gasteiger partial charge in [0.1, 0.15) is 11.4 Å². The van der Waals surface area contributed by atoms with Crippen molar-refractivity contribution in [3.8, 4) is 29.4 Å². The van der Waals surface area contributed by atoms with Crippen LogP contribution in [0, 0.1) is 12.3 Å². The van der Waals surface area contributed by atoms with Crippen LogP contribution in [0.2, 0.25) is 0 Å². The van der Waals surface area contributed by atoms with Gasteiger partial charge in [0.15, 0.2) is 5.82 Å². The van der Waals surface area contributed by atoms with Crippen LogP contribution in [-0.4, -0.2) is 45.4 Å². The zero-order valence-corrected chi connectivity index (χ0v) is 16.9. The normalized spacial score (nSPS) is 17.4. The predicted octanol–water partition coefficient (Wildman–Crippen LogP) is 4.27. The minimum absolute atomic E-state index is 0.112. The number of nitrogens with zero attached hydrogens (tertiary/aromatic N) is 3. The van der Waals surface area contributed by atoms with Crippen LogP contribution in [0.1, 0.15) is 32.3 Å². The smallest absolute Gasteiger partial charge is 0.156 e. The number of terminal acetylenes is 1. The summed E-state index contributed by atoms with van der Waals surface area (Å²) in [7, 11) is 0. The average molecular weight is 386 g/mol. The number of aromatic nitrogens is 2. The number of phenols is 1. The molecule has 2 N–H and O–H groups in total. The summed E-state index contributed by atoms with van der Waals surface area (Å²) in [6.45, 7) is 6.63. The van der Waals surface area contributed by atoms with E-state index < -0.39 is 0 Å². The Morgan fingerprint density at radius 1 is 1.17 bits per heavy atom. The summed E-state index contributed by atoms with van der Waals surface area (Å²) in [5.41, 5.74) is 1.91. The van der Waals surface area contributed by atoms with Gasteiger partial charge in [-0.05, 0) is 51.4 Å². The number of hydrogen-bond donors (Lipinski definition) is 2. The van der Waals surface area contributed by atoms with Crippen LogP contribution in [0.3, 0.4) is 0 Å².